The van der Waals surface area contributed by atoms with Gasteiger partial charge in [-0.1, -0.05) is 6.07 Å². The molecule has 4 heteroatoms. The zero-order chi connectivity index (χ0) is 10.2. The molecule has 1 unspecified atom stereocenters. The van der Waals surface area contributed by atoms with Crippen molar-refractivity contribution in [3.63, 3.8) is 0 Å². The van der Waals surface area contributed by atoms with Gasteiger partial charge in [0.25, 0.3) is 0 Å². The summed E-state index contributed by atoms with van der Waals surface area (Å²) in [6.07, 6.45) is 0.268. The lowest BCUT2D eigenvalue weighted by atomic mass is 9.99. The zero-order valence-corrected chi connectivity index (χ0v) is 7.62. The van der Waals surface area contributed by atoms with Crippen molar-refractivity contribution in [2.75, 3.05) is 6.79 Å². The van der Waals surface area contributed by atoms with Gasteiger partial charge in [-0.25, -0.2) is 4.39 Å². The van der Waals surface area contributed by atoms with Crippen LogP contribution in [0.1, 0.15) is 12.5 Å². The molecule has 0 saturated heterocycles. The maximum atomic E-state index is 13.6. The van der Waals surface area contributed by atoms with E-state index in [2.05, 4.69) is 0 Å². The third kappa shape index (κ3) is 1.32. The molecule has 0 fully saturated rings. The Morgan fingerprint density at radius 3 is 2.86 bits per heavy atom. The van der Waals surface area contributed by atoms with Crippen LogP contribution < -0.4 is 9.47 Å². The first-order valence-electron chi connectivity index (χ1n) is 4.19. The Hall–Kier alpha value is -1.58. The Morgan fingerprint density at radius 1 is 1.43 bits per heavy atom. The fourth-order valence-electron chi connectivity index (χ4n) is 1.27. The van der Waals surface area contributed by atoms with Gasteiger partial charge in [0, 0.05) is 0 Å². The van der Waals surface area contributed by atoms with Gasteiger partial charge in [0.05, 0.1) is 0 Å². The molecule has 14 heavy (non-hydrogen) atoms. The summed E-state index contributed by atoms with van der Waals surface area (Å²) < 4.78 is 23.7. The summed E-state index contributed by atoms with van der Waals surface area (Å²) in [5, 5.41) is 0. The van der Waals surface area contributed by atoms with Gasteiger partial charge in [-0.15, -0.1) is 0 Å². The quantitative estimate of drug-likeness (QED) is 0.676. The fraction of sp³-hybridized carbons (Fsp3) is 0.300. The Bertz CT molecular complexity index is 374. The maximum Gasteiger partial charge on any atom is 0.231 e. The highest BCUT2D eigenvalue weighted by atomic mass is 19.1. The molecule has 1 heterocycles. The molecular formula is C10H9FO3. The number of fused-ring (bicyclic) bond motifs is 1. The number of aldehydes is 1. The van der Waals surface area contributed by atoms with Crippen molar-refractivity contribution in [3.8, 4) is 11.5 Å². The summed E-state index contributed by atoms with van der Waals surface area (Å²) in [6, 6.07) is 4.59. The highest BCUT2D eigenvalue weighted by Crippen LogP contribution is 2.36. The molecule has 0 saturated carbocycles. The van der Waals surface area contributed by atoms with E-state index in [0.29, 0.717) is 11.5 Å². The van der Waals surface area contributed by atoms with E-state index in [9.17, 15) is 9.18 Å². The van der Waals surface area contributed by atoms with Crippen molar-refractivity contribution in [2.45, 2.75) is 12.6 Å². The van der Waals surface area contributed by atoms with E-state index in [1.165, 1.54) is 19.1 Å². The molecule has 74 valence electrons. The second-order valence-electron chi connectivity index (χ2n) is 3.26. The van der Waals surface area contributed by atoms with Crippen LogP contribution in [-0.4, -0.2) is 13.1 Å². The summed E-state index contributed by atoms with van der Waals surface area (Å²) in [6.45, 7) is 1.35. The van der Waals surface area contributed by atoms with Gasteiger partial charge in [-0.05, 0) is 24.6 Å². The van der Waals surface area contributed by atoms with Crippen LogP contribution in [0.3, 0.4) is 0 Å². The summed E-state index contributed by atoms with van der Waals surface area (Å²) in [7, 11) is 0. The van der Waals surface area contributed by atoms with E-state index < -0.39 is 5.67 Å². The zero-order valence-electron chi connectivity index (χ0n) is 7.62. The number of carbonyl (C=O) groups is 1. The number of ether oxygens (including phenoxy) is 2. The molecule has 1 aliphatic heterocycles. The molecule has 1 aromatic rings. The van der Waals surface area contributed by atoms with Crippen molar-refractivity contribution in [2.24, 2.45) is 0 Å². The third-order valence-electron chi connectivity index (χ3n) is 2.16. The third-order valence-corrected chi connectivity index (χ3v) is 2.16. The van der Waals surface area contributed by atoms with Crippen LogP contribution >= 0.6 is 0 Å². The SMILES string of the molecule is CC(F)(C=O)c1ccc2c(c1)OCO2. The van der Waals surface area contributed by atoms with Gasteiger partial charge in [0.2, 0.25) is 6.79 Å². The molecule has 0 N–H and O–H groups in total. The van der Waals surface area contributed by atoms with E-state index in [1.54, 1.807) is 6.07 Å². The largest absolute Gasteiger partial charge is 0.454 e. The molecule has 2 rings (SSSR count). The fourth-order valence-corrected chi connectivity index (χ4v) is 1.27. The minimum absolute atomic E-state index is 0.142. The molecule has 0 aliphatic carbocycles. The Morgan fingerprint density at radius 2 is 2.14 bits per heavy atom. The van der Waals surface area contributed by atoms with E-state index in [4.69, 9.17) is 9.47 Å². The van der Waals surface area contributed by atoms with Gasteiger partial charge in [0.15, 0.2) is 23.5 Å². The molecule has 0 amide bonds. The maximum absolute atomic E-state index is 13.6. The summed E-state index contributed by atoms with van der Waals surface area (Å²) >= 11 is 0. The van der Waals surface area contributed by atoms with Crippen LogP contribution in [0.25, 0.3) is 0 Å². The van der Waals surface area contributed by atoms with Crippen LogP contribution in [0.2, 0.25) is 0 Å². The van der Waals surface area contributed by atoms with Gasteiger partial charge in [-0.2, -0.15) is 0 Å². The van der Waals surface area contributed by atoms with Gasteiger partial charge >= 0.3 is 0 Å². The molecule has 0 spiro atoms. The Labute approximate surface area is 80.4 Å². The van der Waals surface area contributed by atoms with Gasteiger partial charge in [-0.3, -0.25) is 4.79 Å². The first kappa shape index (κ1) is 8.99. The Balaban J connectivity index is 2.42. The molecular weight excluding hydrogens is 187 g/mol. The lowest BCUT2D eigenvalue weighted by Gasteiger charge is -2.13. The van der Waals surface area contributed by atoms with Crippen LogP contribution in [0.4, 0.5) is 4.39 Å². The number of hydrogen-bond donors (Lipinski definition) is 0. The number of rotatable bonds is 2. The van der Waals surface area contributed by atoms with Crippen molar-refractivity contribution < 1.29 is 18.7 Å². The molecule has 0 bridgehead atoms. The predicted octanol–water partition coefficient (Wildman–Crippen LogP) is 1.80. The standard InChI is InChI=1S/C10H9FO3/c1-10(11,5-12)7-2-3-8-9(4-7)14-6-13-8/h2-5H,6H2,1H3. The smallest absolute Gasteiger partial charge is 0.231 e. The molecule has 1 atom stereocenters. The number of hydrogen-bond acceptors (Lipinski definition) is 3. The van der Waals surface area contributed by atoms with Crippen LogP contribution in [0.5, 0.6) is 11.5 Å². The molecule has 0 radical (unpaired) electrons. The topological polar surface area (TPSA) is 35.5 Å². The molecule has 0 aromatic heterocycles. The van der Waals surface area contributed by atoms with Crippen molar-refractivity contribution in [1.82, 2.24) is 0 Å². The van der Waals surface area contributed by atoms with Crippen molar-refractivity contribution in [1.29, 1.82) is 0 Å². The summed E-state index contributed by atoms with van der Waals surface area (Å²) in [5.41, 5.74) is -1.70. The highest BCUT2D eigenvalue weighted by molar-refractivity contribution is 5.66. The second kappa shape index (κ2) is 2.97. The second-order valence-corrected chi connectivity index (χ2v) is 3.26. The number of halogens is 1. The van der Waals surface area contributed by atoms with Crippen molar-refractivity contribution in [3.05, 3.63) is 23.8 Å². The number of alkyl halides is 1. The molecule has 1 aromatic carbocycles. The van der Waals surface area contributed by atoms with Gasteiger partial charge < -0.3 is 9.47 Å². The average molecular weight is 196 g/mol. The minimum Gasteiger partial charge on any atom is -0.454 e. The van der Waals surface area contributed by atoms with Crippen LogP contribution in [0, 0.1) is 0 Å². The first-order chi connectivity index (χ1) is 6.63. The Kier molecular flexibility index (Phi) is 1.91. The number of carbonyl (C=O) groups excluding carboxylic acids is 1. The number of benzene rings is 1. The first-order valence-corrected chi connectivity index (χ1v) is 4.19. The summed E-state index contributed by atoms with van der Waals surface area (Å²) in [5.74, 6) is 1.06. The van der Waals surface area contributed by atoms with Crippen LogP contribution in [0.15, 0.2) is 18.2 Å². The average Bonchev–Trinajstić information content (AvgIpc) is 2.64. The highest BCUT2D eigenvalue weighted by Gasteiger charge is 2.27. The monoisotopic (exact) mass is 196 g/mol. The minimum atomic E-state index is -1.97. The van der Waals surface area contributed by atoms with E-state index in [1.807, 2.05) is 0 Å². The molecule has 1 aliphatic rings. The normalized spacial score (nSPS) is 17.6. The van der Waals surface area contributed by atoms with E-state index in [0.717, 1.165) is 0 Å². The lowest BCUT2D eigenvalue weighted by Crippen LogP contribution is -2.16. The predicted molar refractivity (Wildman–Crippen MR) is 47.1 cm³/mol. The van der Waals surface area contributed by atoms with Crippen molar-refractivity contribution >= 4 is 6.29 Å². The van der Waals surface area contributed by atoms with E-state index >= 15 is 0 Å². The lowest BCUT2D eigenvalue weighted by molar-refractivity contribution is -0.117. The summed E-state index contributed by atoms with van der Waals surface area (Å²) in [4.78, 5) is 10.5. The van der Waals surface area contributed by atoms with E-state index in [-0.39, 0.29) is 18.6 Å². The van der Waals surface area contributed by atoms with Crippen LogP contribution in [-0.2, 0) is 10.5 Å². The molecule has 3 nitrogen and oxygen atoms in total. The van der Waals surface area contributed by atoms with Gasteiger partial charge in [0.1, 0.15) is 0 Å².